The van der Waals surface area contributed by atoms with E-state index in [1.165, 1.54) is 51.4 Å². The number of hydrogen-bond acceptors (Lipinski definition) is 5. The molecule has 1 atom stereocenters. The maximum Gasteiger partial charge on any atom is 0.252 e. The van der Waals surface area contributed by atoms with Gasteiger partial charge in [0.25, 0.3) is 5.91 Å². The van der Waals surface area contributed by atoms with Crippen LogP contribution >= 0.6 is 0 Å². The van der Waals surface area contributed by atoms with Crippen molar-refractivity contribution in [2.24, 2.45) is 5.92 Å². The molecule has 2 amide bonds. The first-order valence-electron chi connectivity index (χ1n) is 16.6. The number of nitrogens with zero attached hydrogens (tertiary/aromatic N) is 4. The molecule has 3 aliphatic rings. The van der Waals surface area contributed by atoms with Crippen LogP contribution in [0.1, 0.15) is 74.2 Å². The summed E-state index contributed by atoms with van der Waals surface area (Å²) in [5.41, 5.74) is 4.25. The van der Waals surface area contributed by atoms with Gasteiger partial charge in [0.05, 0.1) is 23.3 Å². The van der Waals surface area contributed by atoms with Crippen molar-refractivity contribution >= 4 is 22.7 Å². The van der Waals surface area contributed by atoms with Crippen LogP contribution in [0.3, 0.4) is 0 Å². The monoisotopic (exact) mass is 581 g/mol. The summed E-state index contributed by atoms with van der Waals surface area (Å²) >= 11 is 0. The number of benzene rings is 2. The van der Waals surface area contributed by atoms with Crippen LogP contribution in [0.5, 0.6) is 0 Å². The molecular formula is C36H47N5O2. The van der Waals surface area contributed by atoms with Gasteiger partial charge in [0, 0.05) is 55.3 Å². The van der Waals surface area contributed by atoms with Crippen LogP contribution in [-0.4, -0.2) is 83.4 Å². The zero-order valence-electron chi connectivity index (χ0n) is 25.8. The Morgan fingerprint density at radius 1 is 0.860 bits per heavy atom. The van der Waals surface area contributed by atoms with Gasteiger partial charge in [0.2, 0.25) is 5.91 Å². The summed E-state index contributed by atoms with van der Waals surface area (Å²) < 4.78 is 0. The SMILES string of the molecule is C[C@H](NC(=O)c1c(CN2CCN(CCN3CCCCC3)C(=O)C2)c(-c2ccccc2)nc2ccccc12)C1CCCCC1. The normalized spacial score (nSPS) is 19.9. The summed E-state index contributed by atoms with van der Waals surface area (Å²) in [6, 6.07) is 18.3. The molecule has 2 aliphatic heterocycles. The Kier molecular flexibility index (Phi) is 9.69. The molecule has 3 fully saturated rings. The minimum absolute atomic E-state index is 0.0321. The van der Waals surface area contributed by atoms with E-state index in [4.69, 9.17) is 4.98 Å². The third-order valence-electron chi connectivity index (χ3n) is 9.90. The molecule has 7 nitrogen and oxygen atoms in total. The van der Waals surface area contributed by atoms with Crippen LogP contribution in [0.2, 0.25) is 0 Å². The molecule has 1 aromatic heterocycles. The van der Waals surface area contributed by atoms with Gasteiger partial charge in [-0.25, -0.2) is 4.98 Å². The molecule has 1 saturated carbocycles. The Morgan fingerprint density at radius 2 is 1.58 bits per heavy atom. The fraction of sp³-hybridized carbons (Fsp3) is 0.528. The molecule has 0 spiro atoms. The smallest absolute Gasteiger partial charge is 0.252 e. The van der Waals surface area contributed by atoms with Crippen LogP contribution < -0.4 is 5.32 Å². The van der Waals surface area contributed by atoms with Crippen molar-refractivity contribution in [3.63, 3.8) is 0 Å². The molecule has 3 heterocycles. The van der Waals surface area contributed by atoms with Gasteiger partial charge in [-0.15, -0.1) is 0 Å². The van der Waals surface area contributed by atoms with Crippen molar-refractivity contribution in [2.75, 3.05) is 45.8 Å². The van der Waals surface area contributed by atoms with E-state index >= 15 is 0 Å². The number of nitrogens with one attached hydrogen (secondary N) is 1. The molecule has 2 aromatic carbocycles. The average molecular weight is 582 g/mol. The molecule has 228 valence electrons. The fourth-order valence-corrected chi connectivity index (χ4v) is 7.33. The lowest BCUT2D eigenvalue weighted by atomic mass is 9.84. The summed E-state index contributed by atoms with van der Waals surface area (Å²) in [6.45, 7) is 8.59. The lowest BCUT2D eigenvalue weighted by molar-refractivity contribution is -0.136. The number of hydrogen-bond donors (Lipinski definition) is 1. The standard InChI is InChI=1S/C36H47N5O2/c1-27(28-13-5-2-6-14-28)37-36(43)34-30-17-9-10-18-32(30)38-35(29-15-7-3-8-16-29)31(34)25-40-22-24-41(33(42)26-40)23-21-39-19-11-4-12-20-39/h3,7-10,15-18,27-28H,2,4-6,11-14,19-26H2,1H3,(H,37,43)/t27-/m0/s1. The second-order valence-electron chi connectivity index (χ2n) is 12.9. The first-order chi connectivity index (χ1) is 21.1. The van der Waals surface area contributed by atoms with E-state index < -0.39 is 0 Å². The highest BCUT2D eigenvalue weighted by Gasteiger charge is 2.30. The largest absolute Gasteiger partial charge is 0.349 e. The van der Waals surface area contributed by atoms with Crippen LogP contribution in [0.4, 0.5) is 0 Å². The number of piperazine rings is 1. The van der Waals surface area contributed by atoms with Gasteiger partial charge in [-0.2, -0.15) is 0 Å². The number of carbonyl (C=O) groups is 2. The molecule has 0 unspecified atom stereocenters. The van der Waals surface area contributed by atoms with E-state index in [1.54, 1.807) is 0 Å². The van der Waals surface area contributed by atoms with Crippen LogP contribution in [0.25, 0.3) is 22.2 Å². The number of fused-ring (bicyclic) bond motifs is 1. The number of likely N-dealkylation sites (tertiary alicyclic amines) is 1. The van der Waals surface area contributed by atoms with Crippen molar-refractivity contribution in [3.8, 4) is 11.3 Å². The Hall–Kier alpha value is -3.29. The molecule has 3 aromatic rings. The zero-order chi connectivity index (χ0) is 29.6. The molecule has 2 saturated heterocycles. The van der Waals surface area contributed by atoms with E-state index in [-0.39, 0.29) is 17.9 Å². The second-order valence-corrected chi connectivity index (χ2v) is 12.9. The predicted octanol–water partition coefficient (Wildman–Crippen LogP) is 5.73. The Labute approximate surface area is 256 Å². The van der Waals surface area contributed by atoms with Gasteiger partial charge in [0.15, 0.2) is 0 Å². The van der Waals surface area contributed by atoms with E-state index in [0.717, 1.165) is 60.4 Å². The minimum Gasteiger partial charge on any atom is -0.349 e. The number of rotatable bonds is 9. The highest BCUT2D eigenvalue weighted by atomic mass is 16.2. The first kappa shape index (κ1) is 29.8. The van der Waals surface area contributed by atoms with Crippen LogP contribution in [0, 0.1) is 5.92 Å². The van der Waals surface area contributed by atoms with Crippen molar-refractivity contribution in [1.82, 2.24) is 25.0 Å². The summed E-state index contributed by atoms with van der Waals surface area (Å²) in [7, 11) is 0. The summed E-state index contributed by atoms with van der Waals surface area (Å²) in [4.78, 5) is 39.5. The van der Waals surface area contributed by atoms with Crippen LogP contribution in [0.15, 0.2) is 54.6 Å². The van der Waals surface area contributed by atoms with Gasteiger partial charge in [-0.3, -0.25) is 14.5 Å². The minimum atomic E-state index is -0.0321. The lowest BCUT2D eigenvalue weighted by Gasteiger charge is -2.36. The molecule has 7 heteroatoms. The number of amides is 2. The van der Waals surface area contributed by atoms with Gasteiger partial charge >= 0.3 is 0 Å². The summed E-state index contributed by atoms with van der Waals surface area (Å²) in [5.74, 6) is 0.657. The third kappa shape index (κ3) is 7.10. The van der Waals surface area contributed by atoms with Gasteiger partial charge in [-0.05, 0) is 57.7 Å². The maximum absolute atomic E-state index is 14.3. The molecule has 0 bridgehead atoms. The summed E-state index contributed by atoms with van der Waals surface area (Å²) in [5, 5.41) is 4.29. The van der Waals surface area contributed by atoms with Gasteiger partial charge in [-0.1, -0.05) is 74.2 Å². The fourth-order valence-electron chi connectivity index (χ4n) is 7.33. The maximum atomic E-state index is 14.3. The van der Waals surface area contributed by atoms with Crippen molar-refractivity contribution < 1.29 is 9.59 Å². The number of aromatic nitrogens is 1. The zero-order valence-corrected chi connectivity index (χ0v) is 25.8. The Morgan fingerprint density at radius 3 is 2.35 bits per heavy atom. The molecule has 43 heavy (non-hydrogen) atoms. The number of piperidine rings is 1. The molecule has 0 radical (unpaired) electrons. The summed E-state index contributed by atoms with van der Waals surface area (Å²) in [6.07, 6.45) is 9.97. The Bertz CT molecular complexity index is 1400. The number of para-hydroxylation sites is 1. The molecular weight excluding hydrogens is 534 g/mol. The van der Waals surface area contributed by atoms with E-state index in [2.05, 4.69) is 34.2 Å². The Balaban J connectivity index is 1.28. The number of pyridine rings is 1. The van der Waals surface area contributed by atoms with Gasteiger partial charge in [0.1, 0.15) is 0 Å². The highest BCUT2D eigenvalue weighted by molar-refractivity contribution is 6.09. The molecule has 6 rings (SSSR count). The first-order valence-corrected chi connectivity index (χ1v) is 16.6. The van der Waals surface area contributed by atoms with E-state index in [0.29, 0.717) is 31.1 Å². The topological polar surface area (TPSA) is 68.8 Å². The van der Waals surface area contributed by atoms with Gasteiger partial charge < -0.3 is 15.1 Å². The molecule has 1 aliphatic carbocycles. The van der Waals surface area contributed by atoms with Crippen molar-refractivity contribution in [1.29, 1.82) is 0 Å². The second kappa shape index (κ2) is 14.0. The van der Waals surface area contributed by atoms with Crippen molar-refractivity contribution in [2.45, 2.75) is 70.9 Å². The highest BCUT2D eigenvalue weighted by Crippen LogP contribution is 2.33. The van der Waals surface area contributed by atoms with E-state index in [9.17, 15) is 9.59 Å². The van der Waals surface area contributed by atoms with E-state index in [1.807, 2.05) is 47.4 Å². The van der Waals surface area contributed by atoms with Crippen LogP contribution in [-0.2, 0) is 11.3 Å². The quantitative estimate of drug-likeness (QED) is 0.350. The third-order valence-corrected chi connectivity index (χ3v) is 9.90. The number of carbonyl (C=O) groups excluding carboxylic acids is 2. The lowest BCUT2D eigenvalue weighted by Crippen LogP contribution is -2.52. The predicted molar refractivity (Wildman–Crippen MR) is 173 cm³/mol. The van der Waals surface area contributed by atoms with Crippen molar-refractivity contribution in [3.05, 3.63) is 65.7 Å². The average Bonchev–Trinajstić information content (AvgIpc) is 3.05. The molecule has 1 N–H and O–H groups in total.